The van der Waals surface area contributed by atoms with Gasteiger partial charge in [0.15, 0.2) is 34.0 Å². The first-order valence-corrected chi connectivity index (χ1v) is 19.6. The number of hydrogen-bond acceptors (Lipinski definition) is 12. The van der Waals surface area contributed by atoms with E-state index in [9.17, 15) is 0 Å². The molecule has 0 unspecified atom stereocenters. The van der Waals surface area contributed by atoms with Crippen molar-refractivity contribution in [3.63, 3.8) is 0 Å². The van der Waals surface area contributed by atoms with E-state index in [1.165, 1.54) is 25.7 Å². The molecule has 2 aromatic carbocycles. The highest BCUT2D eigenvalue weighted by Gasteiger charge is 2.25. The predicted octanol–water partition coefficient (Wildman–Crippen LogP) is 7.85. The zero-order valence-corrected chi connectivity index (χ0v) is 32.2. The molecule has 2 saturated carbocycles. The van der Waals surface area contributed by atoms with Gasteiger partial charge in [-0.25, -0.2) is 9.97 Å². The minimum absolute atomic E-state index is 0.124. The fourth-order valence-corrected chi connectivity index (χ4v) is 7.45. The van der Waals surface area contributed by atoms with Crippen LogP contribution in [0.25, 0.3) is 22.3 Å². The molecule has 2 aliphatic carbocycles. The van der Waals surface area contributed by atoms with Gasteiger partial charge in [-0.1, -0.05) is 61.0 Å². The van der Waals surface area contributed by atoms with E-state index < -0.39 is 0 Å². The monoisotopic (exact) mass is 770 g/mol. The van der Waals surface area contributed by atoms with E-state index >= 15 is 0 Å². The Morgan fingerprint density at radius 2 is 1.06 bits per heavy atom. The lowest BCUT2D eigenvalue weighted by Gasteiger charge is -2.29. The van der Waals surface area contributed by atoms with Crippen LogP contribution in [-0.2, 0) is 13.1 Å². The van der Waals surface area contributed by atoms with Gasteiger partial charge in [-0.05, 0) is 75.9 Å². The third-order valence-electron chi connectivity index (χ3n) is 10.1. The molecular weight excluding hydrogens is 723 g/mol. The lowest BCUT2D eigenvalue weighted by molar-refractivity contribution is 0.402. The van der Waals surface area contributed by atoms with E-state index in [0.717, 1.165) is 72.5 Å². The summed E-state index contributed by atoms with van der Waals surface area (Å²) in [5, 5.41) is 14.9. The Kier molecular flexibility index (Phi) is 11.9. The number of nitrogens with one attached hydrogen (secondary N) is 4. The molecule has 0 spiro atoms. The van der Waals surface area contributed by atoms with Gasteiger partial charge in [0.25, 0.3) is 0 Å². The van der Waals surface area contributed by atoms with Crippen molar-refractivity contribution in [2.24, 2.45) is 11.5 Å². The summed E-state index contributed by atoms with van der Waals surface area (Å²) in [7, 11) is 0. The molecule has 0 saturated heterocycles. The zero-order chi connectivity index (χ0) is 37.6. The number of rotatable bonds is 10. The summed E-state index contributed by atoms with van der Waals surface area (Å²) < 4.78 is 4.01. The molecule has 16 heteroatoms. The average Bonchev–Trinajstić information content (AvgIpc) is 3.78. The molecule has 0 amide bonds. The van der Waals surface area contributed by atoms with E-state index in [1.807, 2.05) is 57.7 Å². The number of halogens is 2. The Bertz CT molecular complexity index is 2030. The van der Waals surface area contributed by atoms with Crippen molar-refractivity contribution in [1.29, 1.82) is 0 Å². The molecular formula is C38H48Cl2N14. The van der Waals surface area contributed by atoms with Crippen LogP contribution in [-0.4, -0.2) is 63.2 Å². The molecule has 0 radical (unpaired) electrons. The highest BCUT2D eigenvalue weighted by molar-refractivity contribution is 6.31. The van der Waals surface area contributed by atoms with E-state index in [2.05, 4.69) is 45.1 Å². The van der Waals surface area contributed by atoms with Crippen LogP contribution in [0.2, 0.25) is 10.0 Å². The Labute approximate surface area is 324 Å². The second-order valence-corrected chi connectivity index (χ2v) is 14.7. The Balaban J connectivity index is 0.000000167. The fourth-order valence-electron chi connectivity index (χ4n) is 7.07. The number of imidazole rings is 2. The summed E-state index contributed by atoms with van der Waals surface area (Å²) in [6.07, 6.45) is 12.4. The normalized spacial score (nSPS) is 20.0. The van der Waals surface area contributed by atoms with Crippen molar-refractivity contribution < 1.29 is 0 Å². The van der Waals surface area contributed by atoms with Crippen LogP contribution in [0.5, 0.6) is 0 Å². The lowest BCUT2D eigenvalue weighted by Crippen LogP contribution is -2.43. The van der Waals surface area contributed by atoms with Crippen LogP contribution < -0.4 is 32.7 Å². The number of anilines is 6. The Morgan fingerprint density at radius 1 is 0.630 bits per heavy atom. The maximum atomic E-state index is 6.29. The highest BCUT2D eigenvalue weighted by Crippen LogP contribution is 2.29. The van der Waals surface area contributed by atoms with E-state index in [-0.39, 0.29) is 24.2 Å². The number of hydrogen-bond donors (Lipinski definition) is 6. The molecule has 2 aliphatic rings. The first kappa shape index (κ1) is 37.6. The summed E-state index contributed by atoms with van der Waals surface area (Å²) in [6.45, 7) is 5.70. The maximum absolute atomic E-state index is 6.29. The molecule has 6 aromatic rings. The molecule has 4 aromatic heterocycles. The molecule has 14 nitrogen and oxygen atoms in total. The van der Waals surface area contributed by atoms with Crippen LogP contribution in [0.3, 0.4) is 0 Å². The topological polar surface area (TPSA) is 187 Å². The molecule has 0 aliphatic heterocycles. The van der Waals surface area contributed by atoms with Gasteiger partial charge in [-0.3, -0.25) is 0 Å². The van der Waals surface area contributed by atoms with Gasteiger partial charge >= 0.3 is 0 Å². The number of nitrogens with zero attached hydrogens (tertiary/aromatic N) is 8. The Morgan fingerprint density at radius 3 is 1.44 bits per heavy atom. The van der Waals surface area contributed by atoms with Gasteiger partial charge in [-0.2, -0.15) is 19.9 Å². The van der Waals surface area contributed by atoms with Gasteiger partial charge in [0.05, 0.1) is 12.7 Å². The second-order valence-electron chi connectivity index (χ2n) is 13.9. The first-order chi connectivity index (χ1) is 26.3. The molecule has 4 atom stereocenters. The summed E-state index contributed by atoms with van der Waals surface area (Å²) in [5.41, 5.74) is 17.3. The molecule has 4 heterocycles. The molecule has 8 N–H and O–H groups in total. The van der Waals surface area contributed by atoms with Crippen LogP contribution in [0.1, 0.15) is 65.2 Å². The minimum atomic E-state index is 0.124. The molecule has 2 fully saturated rings. The maximum Gasteiger partial charge on any atom is 0.227 e. The zero-order valence-electron chi connectivity index (χ0n) is 30.6. The predicted molar refractivity (Wildman–Crippen MR) is 219 cm³/mol. The van der Waals surface area contributed by atoms with Crippen molar-refractivity contribution in [2.75, 3.05) is 21.3 Å². The van der Waals surface area contributed by atoms with Crippen molar-refractivity contribution >= 4 is 80.4 Å². The summed E-state index contributed by atoms with van der Waals surface area (Å²) >= 11 is 12.2. The molecule has 8 rings (SSSR count). The lowest BCUT2D eigenvalue weighted by atomic mass is 9.91. The van der Waals surface area contributed by atoms with Crippen LogP contribution in [0.4, 0.5) is 34.9 Å². The summed E-state index contributed by atoms with van der Waals surface area (Å²) in [6, 6.07) is 15.7. The van der Waals surface area contributed by atoms with Crippen molar-refractivity contribution in [1.82, 2.24) is 39.0 Å². The average molecular weight is 772 g/mol. The molecule has 0 bridgehead atoms. The van der Waals surface area contributed by atoms with Crippen molar-refractivity contribution in [3.8, 4) is 0 Å². The van der Waals surface area contributed by atoms with E-state index in [4.69, 9.17) is 54.6 Å². The first-order valence-electron chi connectivity index (χ1n) is 18.8. The fraction of sp³-hybridized carbons (Fsp3) is 0.421. The highest BCUT2D eigenvalue weighted by atomic mass is 35.5. The van der Waals surface area contributed by atoms with Crippen LogP contribution in [0.15, 0.2) is 61.2 Å². The van der Waals surface area contributed by atoms with Crippen LogP contribution in [0, 0.1) is 0 Å². The third kappa shape index (κ3) is 8.78. The third-order valence-corrected chi connectivity index (χ3v) is 10.5. The van der Waals surface area contributed by atoms with Crippen LogP contribution >= 0.6 is 23.2 Å². The number of aryl methyl sites for hydroxylation is 2. The minimum Gasteiger partial charge on any atom is -0.350 e. The summed E-state index contributed by atoms with van der Waals surface area (Å²) in [5.74, 6) is 2.46. The molecule has 284 valence electrons. The second kappa shape index (κ2) is 17.1. The van der Waals surface area contributed by atoms with E-state index in [1.54, 1.807) is 12.7 Å². The molecule has 54 heavy (non-hydrogen) atoms. The number of benzene rings is 2. The van der Waals surface area contributed by atoms with Gasteiger partial charge in [0.1, 0.15) is 0 Å². The van der Waals surface area contributed by atoms with Crippen molar-refractivity contribution in [2.45, 2.75) is 102 Å². The standard InChI is InChI=1S/2C19H24ClN7/c2*1-2-27-11-22-16-17(23-13-7-5-6-12(20)10-13)25-19(26-18(16)27)24-15-9-4-3-8-14(15)21/h2*5-7,10-11,14-15H,2-4,8-9,21H2,1H3,(H2,23,24,25,26)/t2*14-,15+/m00/s1. The van der Waals surface area contributed by atoms with Gasteiger partial charge in [0, 0.05) is 58.7 Å². The van der Waals surface area contributed by atoms with Gasteiger partial charge in [0.2, 0.25) is 11.9 Å². The Hall–Kier alpha value is -4.76. The largest absolute Gasteiger partial charge is 0.350 e. The van der Waals surface area contributed by atoms with Gasteiger partial charge < -0.3 is 41.9 Å². The smallest absolute Gasteiger partial charge is 0.227 e. The summed E-state index contributed by atoms with van der Waals surface area (Å²) in [4.78, 5) is 27.8. The van der Waals surface area contributed by atoms with E-state index in [0.29, 0.717) is 33.6 Å². The SMILES string of the molecule is CCn1cnc2c(Nc3cccc(Cl)c3)nc(N[C@@H]3CCCC[C@@H]3N)nc21.CCn1cnc2c(Nc3cccc(Cl)c3)nc(N[C@@H]3CCCC[C@@H]3N)nc21. The number of aromatic nitrogens is 8. The number of nitrogens with two attached hydrogens (primary N) is 2. The quantitative estimate of drug-likeness (QED) is 0.0793. The number of fused-ring (bicyclic) bond motifs is 2. The van der Waals surface area contributed by atoms with Crippen molar-refractivity contribution in [3.05, 3.63) is 71.2 Å². The van der Waals surface area contributed by atoms with Gasteiger partial charge in [-0.15, -0.1) is 0 Å².